The smallest absolute Gasteiger partial charge is 0.142 e. The molecule has 0 aliphatic rings. The van der Waals surface area contributed by atoms with E-state index < -0.39 is 0 Å². The zero-order valence-corrected chi connectivity index (χ0v) is 12.2. The first kappa shape index (κ1) is 15.4. The van der Waals surface area contributed by atoms with Crippen LogP contribution in [0.1, 0.15) is 32.3 Å². The number of terminal acetylenes is 1. The predicted molar refractivity (Wildman–Crippen MR) is 82.5 cm³/mol. The Bertz CT molecular complexity index is 450. The van der Waals surface area contributed by atoms with E-state index in [4.69, 9.17) is 6.42 Å². The van der Waals surface area contributed by atoms with Crippen molar-refractivity contribution in [2.45, 2.75) is 26.7 Å². The van der Waals surface area contributed by atoms with Crippen molar-refractivity contribution in [3.8, 4) is 24.2 Å². The van der Waals surface area contributed by atoms with Crippen molar-refractivity contribution in [3.05, 3.63) is 35.9 Å². The molecule has 1 aromatic carbocycles. The van der Waals surface area contributed by atoms with E-state index in [1.54, 1.807) is 0 Å². The van der Waals surface area contributed by atoms with E-state index in [2.05, 4.69) is 31.6 Å². The molecule has 0 aliphatic carbocycles. The van der Waals surface area contributed by atoms with Crippen LogP contribution in [0.5, 0.6) is 0 Å². The molecular weight excluding hydrogens is 230 g/mol. The molecule has 0 aliphatic heterocycles. The van der Waals surface area contributed by atoms with Gasteiger partial charge in [0.05, 0.1) is 13.1 Å². The maximum atomic E-state index is 5.54. The maximum Gasteiger partial charge on any atom is 0.142 e. The van der Waals surface area contributed by atoms with Crippen molar-refractivity contribution in [2.24, 2.45) is 0 Å². The molecule has 0 saturated carbocycles. The second-order valence-corrected chi connectivity index (χ2v) is 4.98. The van der Waals surface area contributed by atoms with Gasteiger partial charge in [-0.15, -0.1) is 6.42 Å². The summed E-state index contributed by atoms with van der Waals surface area (Å²) >= 11 is 0. The minimum atomic E-state index is 0.783. The Hall–Kier alpha value is -1.70. The zero-order chi connectivity index (χ0) is 14.0. The summed E-state index contributed by atoms with van der Waals surface area (Å²) in [6.07, 6.45) is 7.84. The molecule has 100 valence electrons. The summed E-state index contributed by atoms with van der Waals surface area (Å²) in [4.78, 5) is 0. The zero-order valence-electron chi connectivity index (χ0n) is 12.2. The molecule has 19 heavy (non-hydrogen) atoms. The highest BCUT2D eigenvalue weighted by Crippen LogP contribution is 2.09. The van der Waals surface area contributed by atoms with Gasteiger partial charge >= 0.3 is 0 Å². The SMILES string of the molecule is C#CC[N+](CC#Cc1ccccc1)(CCC)CCC. The average Bonchev–Trinajstić information content (AvgIpc) is 2.41. The monoisotopic (exact) mass is 254 g/mol. The molecule has 0 radical (unpaired) electrons. The van der Waals surface area contributed by atoms with Crippen molar-refractivity contribution >= 4 is 0 Å². The molecule has 0 unspecified atom stereocenters. The third-order valence-corrected chi connectivity index (χ3v) is 3.24. The van der Waals surface area contributed by atoms with Crippen molar-refractivity contribution in [1.29, 1.82) is 0 Å². The fourth-order valence-electron chi connectivity index (χ4n) is 2.46. The van der Waals surface area contributed by atoms with E-state index in [1.165, 1.54) is 0 Å². The second-order valence-electron chi connectivity index (χ2n) is 4.98. The standard InChI is InChI=1S/C18H24N/c1-4-14-19(15-5-2,16-6-3)17-10-13-18-11-8-7-9-12-18/h1,7-9,11-12H,5-6,14-17H2,2-3H3/q+1. The number of hydrogen-bond acceptors (Lipinski definition) is 0. The minimum absolute atomic E-state index is 0.783. The maximum absolute atomic E-state index is 5.54. The van der Waals surface area contributed by atoms with Crippen LogP contribution in [0, 0.1) is 24.2 Å². The van der Waals surface area contributed by atoms with Crippen LogP contribution in [0.4, 0.5) is 0 Å². The topological polar surface area (TPSA) is 0 Å². The Morgan fingerprint density at radius 1 is 1.00 bits per heavy atom. The highest BCUT2D eigenvalue weighted by Gasteiger charge is 2.22. The first-order valence-corrected chi connectivity index (χ1v) is 7.09. The van der Waals surface area contributed by atoms with E-state index in [0.29, 0.717) is 0 Å². The van der Waals surface area contributed by atoms with E-state index >= 15 is 0 Å². The van der Waals surface area contributed by atoms with Crippen molar-refractivity contribution < 1.29 is 4.48 Å². The molecule has 0 heterocycles. The molecule has 0 fully saturated rings. The summed E-state index contributed by atoms with van der Waals surface area (Å²) in [5.74, 6) is 9.40. The predicted octanol–water partition coefficient (Wildman–Crippen LogP) is 3.31. The molecule has 1 aromatic rings. The molecule has 0 atom stereocenters. The lowest BCUT2D eigenvalue weighted by Gasteiger charge is -2.35. The fraction of sp³-hybridized carbons (Fsp3) is 0.444. The molecule has 0 N–H and O–H groups in total. The Morgan fingerprint density at radius 3 is 2.16 bits per heavy atom. The van der Waals surface area contributed by atoms with Gasteiger partial charge in [-0.3, -0.25) is 0 Å². The molecule has 1 nitrogen and oxygen atoms in total. The number of quaternary nitrogens is 1. The van der Waals surface area contributed by atoms with Gasteiger partial charge in [-0.1, -0.05) is 38.0 Å². The summed E-state index contributed by atoms with van der Waals surface area (Å²) in [5, 5.41) is 0. The molecule has 0 spiro atoms. The molecular formula is C18H24N+. The molecule has 0 aromatic heterocycles. The van der Waals surface area contributed by atoms with Gasteiger partial charge in [-0.05, 0) is 36.8 Å². The number of hydrogen-bond donors (Lipinski definition) is 0. The first-order chi connectivity index (χ1) is 9.26. The largest absolute Gasteiger partial charge is 0.303 e. The summed E-state index contributed by atoms with van der Waals surface area (Å²) in [6.45, 7) is 8.28. The van der Waals surface area contributed by atoms with Crippen LogP contribution < -0.4 is 0 Å². The first-order valence-electron chi connectivity index (χ1n) is 7.09. The quantitative estimate of drug-likeness (QED) is 0.540. The molecule has 0 bridgehead atoms. The summed E-state index contributed by atoms with van der Waals surface area (Å²) < 4.78 is 0.934. The lowest BCUT2D eigenvalue weighted by molar-refractivity contribution is -0.915. The van der Waals surface area contributed by atoms with Gasteiger partial charge in [0.1, 0.15) is 13.1 Å². The molecule has 1 heteroatoms. The number of rotatable bonds is 6. The minimum Gasteiger partial charge on any atom is -0.303 e. The van der Waals surface area contributed by atoms with Gasteiger partial charge < -0.3 is 4.48 Å². The molecule has 0 saturated heterocycles. The van der Waals surface area contributed by atoms with Gasteiger partial charge in [0, 0.05) is 5.56 Å². The van der Waals surface area contributed by atoms with Crippen LogP contribution in [0.2, 0.25) is 0 Å². The summed E-state index contributed by atoms with van der Waals surface area (Å²) in [5.41, 5.74) is 1.08. The third kappa shape index (κ3) is 5.21. The lowest BCUT2D eigenvalue weighted by atomic mass is 10.2. The van der Waals surface area contributed by atoms with Gasteiger partial charge in [0.25, 0.3) is 0 Å². The van der Waals surface area contributed by atoms with Gasteiger partial charge in [-0.2, -0.15) is 0 Å². The Morgan fingerprint density at radius 2 is 1.63 bits per heavy atom. The van der Waals surface area contributed by atoms with Crippen LogP contribution in [-0.2, 0) is 0 Å². The van der Waals surface area contributed by atoms with Crippen LogP contribution in [-0.4, -0.2) is 30.7 Å². The van der Waals surface area contributed by atoms with Gasteiger partial charge in [0.15, 0.2) is 0 Å². The van der Waals surface area contributed by atoms with E-state index in [0.717, 1.165) is 49.1 Å². The average molecular weight is 254 g/mol. The lowest BCUT2D eigenvalue weighted by Crippen LogP contribution is -2.49. The Kier molecular flexibility index (Phi) is 6.80. The van der Waals surface area contributed by atoms with E-state index in [9.17, 15) is 0 Å². The van der Waals surface area contributed by atoms with Crippen molar-refractivity contribution in [3.63, 3.8) is 0 Å². The fourth-order valence-corrected chi connectivity index (χ4v) is 2.46. The second kappa shape index (κ2) is 8.41. The summed E-state index contributed by atoms with van der Waals surface area (Å²) in [7, 11) is 0. The molecule has 0 amide bonds. The molecule has 1 rings (SSSR count). The van der Waals surface area contributed by atoms with Crippen LogP contribution >= 0.6 is 0 Å². The van der Waals surface area contributed by atoms with Crippen molar-refractivity contribution in [1.82, 2.24) is 0 Å². The van der Waals surface area contributed by atoms with Gasteiger partial charge in [0.2, 0.25) is 0 Å². The van der Waals surface area contributed by atoms with Crippen LogP contribution in [0.3, 0.4) is 0 Å². The van der Waals surface area contributed by atoms with E-state index in [-0.39, 0.29) is 0 Å². The van der Waals surface area contributed by atoms with E-state index in [1.807, 2.05) is 30.3 Å². The van der Waals surface area contributed by atoms with Crippen LogP contribution in [0.25, 0.3) is 0 Å². The highest BCUT2D eigenvalue weighted by atomic mass is 15.3. The number of benzene rings is 1. The Balaban J connectivity index is 2.77. The highest BCUT2D eigenvalue weighted by molar-refractivity contribution is 5.33. The normalized spacial score (nSPS) is 10.4. The van der Waals surface area contributed by atoms with Crippen LogP contribution in [0.15, 0.2) is 30.3 Å². The number of nitrogens with zero attached hydrogens (tertiary/aromatic N) is 1. The third-order valence-electron chi connectivity index (χ3n) is 3.24. The van der Waals surface area contributed by atoms with Gasteiger partial charge in [-0.25, -0.2) is 0 Å². The Labute approximate surface area is 118 Å². The van der Waals surface area contributed by atoms with Crippen molar-refractivity contribution in [2.75, 3.05) is 26.2 Å². The summed E-state index contributed by atoms with van der Waals surface area (Å²) in [6, 6.07) is 10.1.